The summed E-state index contributed by atoms with van der Waals surface area (Å²) in [6, 6.07) is 0. The third-order valence-corrected chi connectivity index (χ3v) is 12.3. The van der Waals surface area contributed by atoms with E-state index in [1.165, 1.54) is 0 Å². The Morgan fingerprint density at radius 1 is 0.923 bits per heavy atom. The number of carbonyl (C=O) groups excluding carboxylic acids is 1. The van der Waals surface area contributed by atoms with Gasteiger partial charge in [-0.25, -0.2) is 0 Å². The summed E-state index contributed by atoms with van der Waals surface area (Å²) in [6.07, 6.45) is 0.950. The summed E-state index contributed by atoms with van der Waals surface area (Å²) in [5.74, 6) is 1.82. The maximum absolute atomic E-state index is 12.7. The second-order valence-corrected chi connectivity index (χ2v) is 14.2. The van der Waals surface area contributed by atoms with Crippen molar-refractivity contribution in [1.29, 1.82) is 0 Å². The van der Waals surface area contributed by atoms with Crippen molar-refractivity contribution >= 4 is 5.97 Å². The highest BCUT2D eigenvalue weighted by Crippen LogP contribution is 2.68. The Balaban J connectivity index is 1.20. The fourth-order valence-corrected chi connectivity index (χ4v) is 10.1. The highest BCUT2D eigenvalue weighted by atomic mass is 16.7. The van der Waals surface area contributed by atoms with E-state index in [0.717, 1.165) is 51.4 Å². The topological polar surface area (TPSA) is 157 Å². The van der Waals surface area contributed by atoms with Crippen LogP contribution in [0.5, 0.6) is 0 Å². The van der Waals surface area contributed by atoms with Gasteiger partial charge in [0.05, 0.1) is 18.8 Å². The fourth-order valence-electron chi connectivity index (χ4n) is 10.1. The smallest absolute Gasteiger partial charge is 0.308 e. The van der Waals surface area contributed by atoms with Crippen molar-refractivity contribution in [2.45, 2.75) is 128 Å². The van der Waals surface area contributed by atoms with Gasteiger partial charge >= 0.3 is 5.97 Å². The Hall–Kier alpha value is -0.810. The zero-order valence-corrected chi connectivity index (χ0v) is 23.7. The van der Waals surface area contributed by atoms with Crippen molar-refractivity contribution in [2.75, 3.05) is 6.61 Å². The van der Waals surface area contributed by atoms with Gasteiger partial charge in [0.1, 0.15) is 24.4 Å². The minimum absolute atomic E-state index is 0.111. The van der Waals surface area contributed by atoms with Crippen LogP contribution in [-0.4, -0.2) is 86.1 Å². The molecule has 5 fully saturated rings. The number of hydrogen-bond acceptors (Lipinski definition) is 9. The lowest BCUT2D eigenvalue weighted by Crippen LogP contribution is -2.59. The third kappa shape index (κ3) is 5.08. The van der Waals surface area contributed by atoms with Crippen LogP contribution in [0.4, 0.5) is 0 Å². The normalized spacial score (nSPS) is 52.3. The molecular weight excluding hydrogens is 504 g/mol. The SMILES string of the molecule is C[C@H](CCC(=O)O[C@@H]1O[C@H](CO)[C@H](O)[C@H](O)[C@H]1O)[C@H]1CC[C@H]2[C@@H]3[C@@H](O)C[C@@H]4C[C@H](O)CC[C@]4(C)[C@H]3CC[C@]12C. The standard InChI is InChI=1S/C30H50O9/c1-15(4-7-23(34)39-28-27(37)26(36)25(35)22(14-31)38-28)18-5-6-19-24-20(9-11-30(18,19)3)29(2)10-8-17(32)12-16(29)13-21(24)33/h15-22,24-28,31-33,35-37H,4-14H2,1-3H3/t15-,16+,17-,18-,19+,20+,21+,22-,24+,25+,26+,27-,28+,29+,30-/m1/s1. The number of aliphatic hydroxyl groups is 6. The minimum atomic E-state index is -1.59. The van der Waals surface area contributed by atoms with E-state index in [1.54, 1.807) is 0 Å². The lowest BCUT2D eigenvalue weighted by atomic mass is 9.43. The van der Waals surface area contributed by atoms with E-state index in [4.69, 9.17) is 9.47 Å². The van der Waals surface area contributed by atoms with Gasteiger partial charge in [-0.3, -0.25) is 4.79 Å². The summed E-state index contributed by atoms with van der Waals surface area (Å²) in [5, 5.41) is 61.2. The van der Waals surface area contributed by atoms with Crippen molar-refractivity contribution in [2.24, 2.45) is 46.3 Å². The second kappa shape index (κ2) is 11.1. The molecule has 0 aromatic carbocycles. The quantitative estimate of drug-likeness (QED) is 0.269. The summed E-state index contributed by atoms with van der Waals surface area (Å²) in [5.41, 5.74) is 0.308. The van der Waals surface area contributed by atoms with E-state index < -0.39 is 43.3 Å². The Labute approximate surface area is 231 Å². The molecule has 5 aliphatic rings. The van der Waals surface area contributed by atoms with Crippen LogP contribution >= 0.6 is 0 Å². The molecule has 9 heteroatoms. The predicted molar refractivity (Wildman–Crippen MR) is 141 cm³/mol. The molecule has 1 saturated heterocycles. The Kier molecular flexibility index (Phi) is 8.46. The van der Waals surface area contributed by atoms with Gasteiger partial charge in [-0.15, -0.1) is 0 Å². The average Bonchev–Trinajstić information content (AvgIpc) is 3.25. The van der Waals surface area contributed by atoms with Crippen LogP contribution in [0, 0.1) is 46.3 Å². The molecule has 15 atom stereocenters. The monoisotopic (exact) mass is 554 g/mol. The first-order valence-corrected chi connectivity index (χ1v) is 15.3. The summed E-state index contributed by atoms with van der Waals surface area (Å²) >= 11 is 0. The van der Waals surface area contributed by atoms with Gasteiger partial charge in [-0.2, -0.15) is 0 Å². The molecule has 1 heterocycles. The molecule has 0 radical (unpaired) electrons. The Morgan fingerprint density at radius 2 is 1.62 bits per heavy atom. The maximum atomic E-state index is 12.7. The maximum Gasteiger partial charge on any atom is 0.308 e. The van der Waals surface area contributed by atoms with Crippen LogP contribution in [0.2, 0.25) is 0 Å². The Bertz CT molecular complexity index is 882. The number of aliphatic hydroxyl groups excluding tert-OH is 6. The number of ether oxygens (including phenoxy) is 2. The number of hydrogen-bond donors (Lipinski definition) is 6. The van der Waals surface area contributed by atoms with Crippen molar-refractivity contribution in [3.05, 3.63) is 0 Å². The molecule has 39 heavy (non-hydrogen) atoms. The molecule has 0 aromatic heterocycles. The average molecular weight is 555 g/mol. The summed E-state index contributed by atoms with van der Waals surface area (Å²) in [6.45, 7) is 6.45. The van der Waals surface area contributed by atoms with Gasteiger partial charge in [-0.1, -0.05) is 20.8 Å². The van der Waals surface area contributed by atoms with Crippen LogP contribution in [0.25, 0.3) is 0 Å². The molecule has 0 unspecified atom stereocenters. The number of esters is 1. The van der Waals surface area contributed by atoms with Gasteiger partial charge in [-0.05, 0) is 104 Å². The van der Waals surface area contributed by atoms with E-state index in [1.807, 2.05) is 0 Å². The molecule has 1 aliphatic heterocycles. The highest BCUT2D eigenvalue weighted by Gasteiger charge is 2.62. The lowest BCUT2D eigenvalue weighted by molar-refractivity contribution is -0.292. The zero-order valence-electron chi connectivity index (χ0n) is 23.7. The van der Waals surface area contributed by atoms with E-state index in [9.17, 15) is 35.4 Å². The largest absolute Gasteiger partial charge is 0.433 e. The summed E-state index contributed by atoms with van der Waals surface area (Å²) in [4.78, 5) is 12.7. The molecule has 4 saturated carbocycles. The van der Waals surface area contributed by atoms with E-state index in [0.29, 0.717) is 36.0 Å². The van der Waals surface area contributed by atoms with E-state index in [2.05, 4.69) is 20.8 Å². The summed E-state index contributed by atoms with van der Waals surface area (Å²) < 4.78 is 10.6. The minimum Gasteiger partial charge on any atom is -0.433 e. The zero-order chi connectivity index (χ0) is 28.3. The number of fused-ring (bicyclic) bond motifs is 5. The van der Waals surface area contributed by atoms with Crippen LogP contribution in [0.15, 0.2) is 0 Å². The third-order valence-electron chi connectivity index (χ3n) is 12.3. The van der Waals surface area contributed by atoms with E-state index >= 15 is 0 Å². The number of rotatable bonds is 6. The summed E-state index contributed by atoms with van der Waals surface area (Å²) in [7, 11) is 0. The molecule has 9 nitrogen and oxygen atoms in total. The molecule has 0 aromatic rings. The molecule has 6 N–H and O–H groups in total. The fraction of sp³-hybridized carbons (Fsp3) is 0.967. The van der Waals surface area contributed by atoms with Crippen molar-refractivity contribution in [3.8, 4) is 0 Å². The number of carbonyl (C=O) groups is 1. The molecule has 5 rings (SSSR count). The van der Waals surface area contributed by atoms with Crippen LogP contribution in [0.1, 0.15) is 85.0 Å². The van der Waals surface area contributed by atoms with Gasteiger partial charge in [0.2, 0.25) is 6.29 Å². The van der Waals surface area contributed by atoms with Crippen LogP contribution in [0.3, 0.4) is 0 Å². The van der Waals surface area contributed by atoms with Crippen LogP contribution < -0.4 is 0 Å². The first kappa shape index (κ1) is 29.7. The van der Waals surface area contributed by atoms with Gasteiger partial charge < -0.3 is 40.1 Å². The van der Waals surface area contributed by atoms with Crippen LogP contribution in [-0.2, 0) is 14.3 Å². The molecule has 0 amide bonds. The first-order valence-electron chi connectivity index (χ1n) is 15.3. The van der Waals surface area contributed by atoms with Crippen molar-refractivity contribution in [1.82, 2.24) is 0 Å². The molecule has 4 aliphatic carbocycles. The molecular formula is C30H50O9. The first-order chi connectivity index (χ1) is 18.4. The predicted octanol–water partition coefficient (Wildman–Crippen LogP) is 1.74. The van der Waals surface area contributed by atoms with Gasteiger partial charge in [0, 0.05) is 6.42 Å². The Morgan fingerprint density at radius 3 is 2.33 bits per heavy atom. The van der Waals surface area contributed by atoms with E-state index in [-0.39, 0.29) is 35.4 Å². The highest BCUT2D eigenvalue weighted by molar-refractivity contribution is 5.69. The van der Waals surface area contributed by atoms with Gasteiger partial charge in [0.15, 0.2) is 0 Å². The molecule has 0 spiro atoms. The van der Waals surface area contributed by atoms with Crippen molar-refractivity contribution in [3.63, 3.8) is 0 Å². The molecule has 224 valence electrons. The lowest BCUT2D eigenvalue weighted by Gasteiger charge is -2.62. The molecule has 0 bridgehead atoms. The second-order valence-electron chi connectivity index (χ2n) is 14.2. The van der Waals surface area contributed by atoms with Crippen molar-refractivity contribution < 1.29 is 44.9 Å². The van der Waals surface area contributed by atoms with Gasteiger partial charge in [0.25, 0.3) is 0 Å².